The van der Waals surface area contributed by atoms with Gasteiger partial charge in [-0.05, 0) is 46.4 Å². The van der Waals surface area contributed by atoms with E-state index in [2.05, 4.69) is 36.5 Å². The summed E-state index contributed by atoms with van der Waals surface area (Å²) in [6, 6.07) is 28.1. The number of ether oxygens (including phenoxy) is 1. The molecule has 5 nitrogen and oxygen atoms in total. The fraction of sp³-hybridized carbons (Fsp3) is 0.120. The first-order valence-electron chi connectivity index (χ1n) is 9.81. The largest absolute Gasteiger partial charge is 0.425 e. The maximum Gasteiger partial charge on any atom is 0.330 e. The molecule has 0 unspecified atom stereocenters. The van der Waals surface area contributed by atoms with Crippen LogP contribution in [0.25, 0.3) is 11.1 Å². The third-order valence-corrected chi connectivity index (χ3v) is 4.64. The van der Waals surface area contributed by atoms with E-state index in [1.807, 2.05) is 48.5 Å². The van der Waals surface area contributed by atoms with Gasteiger partial charge in [0, 0.05) is 0 Å². The number of nitrogens with one attached hydrogen (secondary N) is 2. The van der Waals surface area contributed by atoms with E-state index in [0.29, 0.717) is 5.75 Å². The first-order valence-corrected chi connectivity index (χ1v) is 9.81. The molecule has 0 fully saturated rings. The second kappa shape index (κ2) is 10.1. The van der Waals surface area contributed by atoms with Crippen molar-refractivity contribution in [3.63, 3.8) is 0 Å². The molecule has 0 aliphatic carbocycles. The van der Waals surface area contributed by atoms with Crippen molar-refractivity contribution in [3.05, 3.63) is 102 Å². The third-order valence-electron chi connectivity index (χ3n) is 4.64. The van der Waals surface area contributed by atoms with E-state index in [1.165, 1.54) is 11.1 Å². The molecule has 3 aromatic rings. The number of benzene rings is 3. The molecule has 0 spiro atoms. The SMILES string of the molecule is CC/C(=C(\c1ccccc1)c1ccc(OC(=O)CNC(=N)N)cc1)c1ccccc1. The minimum Gasteiger partial charge on any atom is -0.425 e. The van der Waals surface area contributed by atoms with Crippen molar-refractivity contribution >= 4 is 23.1 Å². The summed E-state index contributed by atoms with van der Waals surface area (Å²) < 4.78 is 5.31. The Morgan fingerprint density at radius 2 is 1.40 bits per heavy atom. The summed E-state index contributed by atoms with van der Waals surface area (Å²) in [7, 11) is 0. The van der Waals surface area contributed by atoms with Gasteiger partial charge in [0.2, 0.25) is 0 Å². The quantitative estimate of drug-likeness (QED) is 0.180. The van der Waals surface area contributed by atoms with Gasteiger partial charge < -0.3 is 15.8 Å². The molecule has 0 aliphatic rings. The van der Waals surface area contributed by atoms with Crippen LogP contribution in [-0.2, 0) is 4.79 Å². The molecular formula is C25H25N3O2. The Hall–Kier alpha value is -3.86. The van der Waals surface area contributed by atoms with Gasteiger partial charge >= 0.3 is 5.97 Å². The molecule has 152 valence electrons. The predicted molar refractivity (Wildman–Crippen MR) is 121 cm³/mol. The van der Waals surface area contributed by atoms with Crippen LogP contribution in [0.1, 0.15) is 30.0 Å². The fourth-order valence-electron chi connectivity index (χ4n) is 3.31. The zero-order valence-electron chi connectivity index (χ0n) is 16.9. The monoisotopic (exact) mass is 399 g/mol. The molecule has 0 aliphatic heterocycles. The number of rotatable bonds is 7. The third kappa shape index (κ3) is 5.35. The van der Waals surface area contributed by atoms with Gasteiger partial charge in [-0.3, -0.25) is 5.41 Å². The molecule has 0 heterocycles. The minimum absolute atomic E-state index is 0.153. The molecule has 4 N–H and O–H groups in total. The normalized spacial score (nSPS) is 11.4. The maximum absolute atomic E-state index is 11.9. The highest BCUT2D eigenvalue weighted by molar-refractivity contribution is 5.98. The van der Waals surface area contributed by atoms with E-state index in [4.69, 9.17) is 15.9 Å². The van der Waals surface area contributed by atoms with E-state index in [9.17, 15) is 4.79 Å². The lowest BCUT2D eigenvalue weighted by Crippen LogP contribution is -2.36. The molecule has 5 heteroatoms. The van der Waals surface area contributed by atoms with Crippen LogP contribution in [0.2, 0.25) is 0 Å². The van der Waals surface area contributed by atoms with Crippen LogP contribution < -0.4 is 15.8 Å². The summed E-state index contributed by atoms with van der Waals surface area (Å²) in [5.74, 6) is -0.331. The summed E-state index contributed by atoms with van der Waals surface area (Å²) in [5.41, 5.74) is 11.0. The second-order valence-electron chi connectivity index (χ2n) is 6.70. The molecule has 0 aromatic heterocycles. The van der Waals surface area contributed by atoms with Crippen LogP contribution in [0.4, 0.5) is 0 Å². The average Bonchev–Trinajstić information content (AvgIpc) is 2.78. The minimum atomic E-state index is -0.504. The first kappa shape index (κ1) is 20.9. The number of allylic oxidation sites excluding steroid dienone is 1. The Bertz CT molecular complexity index is 1030. The number of guanidine groups is 1. The summed E-state index contributed by atoms with van der Waals surface area (Å²) in [5, 5.41) is 9.54. The highest BCUT2D eigenvalue weighted by Crippen LogP contribution is 2.34. The standard InChI is InChI=1S/C25H25N3O2/c1-2-22(18-9-5-3-6-10-18)24(19-11-7-4-8-12-19)20-13-15-21(16-14-20)30-23(29)17-28-25(26)27/h3-16H,2,17H2,1H3,(H4,26,27,28)/b24-22-. The molecule has 0 radical (unpaired) electrons. The van der Waals surface area contributed by atoms with Gasteiger partial charge in [-0.1, -0.05) is 79.7 Å². The number of esters is 1. The summed E-state index contributed by atoms with van der Waals surface area (Å²) in [6.07, 6.45) is 0.877. The number of carbonyl (C=O) groups excluding carboxylic acids is 1. The van der Waals surface area contributed by atoms with Crippen molar-refractivity contribution in [1.29, 1.82) is 5.41 Å². The average molecular weight is 399 g/mol. The summed E-state index contributed by atoms with van der Waals surface area (Å²) >= 11 is 0. The lowest BCUT2D eigenvalue weighted by molar-refractivity contribution is -0.133. The molecule has 3 aromatic carbocycles. The van der Waals surface area contributed by atoms with Crippen LogP contribution in [0.15, 0.2) is 84.9 Å². The van der Waals surface area contributed by atoms with Crippen molar-refractivity contribution < 1.29 is 9.53 Å². The number of hydrogen-bond acceptors (Lipinski definition) is 3. The molecular weight excluding hydrogens is 374 g/mol. The Morgan fingerprint density at radius 3 is 1.93 bits per heavy atom. The van der Waals surface area contributed by atoms with Crippen LogP contribution >= 0.6 is 0 Å². The zero-order chi connectivity index (χ0) is 21.3. The van der Waals surface area contributed by atoms with Crippen molar-refractivity contribution in [2.45, 2.75) is 13.3 Å². The predicted octanol–water partition coefficient (Wildman–Crippen LogP) is 4.44. The Morgan fingerprint density at radius 1 is 0.867 bits per heavy atom. The molecule has 0 atom stereocenters. The second-order valence-corrected chi connectivity index (χ2v) is 6.70. The van der Waals surface area contributed by atoms with Crippen LogP contribution in [0.5, 0.6) is 5.75 Å². The van der Waals surface area contributed by atoms with E-state index in [1.54, 1.807) is 12.1 Å². The van der Waals surface area contributed by atoms with Crippen molar-refractivity contribution in [2.75, 3.05) is 6.54 Å². The first-order chi connectivity index (χ1) is 14.6. The van der Waals surface area contributed by atoms with Crippen molar-refractivity contribution in [1.82, 2.24) is 5.32 Å². The molecule has 0 amide bonds. The van der Waals surface area contributed by atoms with Gasteiger partial charge in [0.15, 0.2) is 5.96 Å². The van der Waals surface area contributed by atoms with Gasteiger partial charge in [-0.2, -0.15) is 0 Å². The van der Waals surface area contributed by atoms with Gasteiger partial charge in [-0.15, -0.1) is 0 Å². The Balaban J connectivity index is 1.96. The van der Waals surface area contributed by atoms with Gasteiger partial charge in [-0.25, -0.2) is 4.79 Å². The number of hydrogen-bond donors (Lipinski definition) is 3. The highest BCUT2D eigenvalue weighted by Gasteiger charge is 2.13. The van der Waals surface area contributed by atoms with Crippen LogP contribution in [0, 0.1) is 5.41 Å². The highest BCUT2D eigenvalue weighted by atomic mass is 16.5. The number of nitrogens with two attached hydrogens (primary N) is 1. The summed E-state index contributed by atoms with van der Waals surface area (Å²) in [6.45, 7) is 2.00. The van der Waals surface area contributed by atoms with Crippen LogP contribution in [-0.4, -0.2) is 18.5 Å². The van der Waals surface area contributed by atoms with E-state index in [-0.39, 0.29) is 12.5 Å². The molecule has 3 rings (SSSR count). The van der Waals surface area contributed by atoms with Crippen molar-refractivity contribution in [3.8, 4) is 5.75 Å². The van der Waals surface area contributed by atoms with Gasteiger partial charge in [0.25, 0.3) is 0 Å². The van der Waals surface area contributed by atoms with Gasteiger partial charge in [0.1, 0.15) is 12.3 Å². The topological polar surface area (TPSA) is 88.2 Å². The van der Waals surface area contributed by atoms with Crippen LogP contribution in [0.3, 0.4) is 0 Å². The van der Waals surface area contributed by atoms with Crippen molar-refractivity contribution in [2.24, 2.45) is 5.73 Å². The lowest BCUT2D eigenvalue weighted by Gasteiger charge is -2.16. The lowest BCUT2D eigenvalue weighted by atomic mass is 9.88. The maximum atomic E-state index is 11.9. The molecule has 0 saturated heterocycles. The molecule has 0 saturated carbocycles. The van der Waals surface area contributed by atoms with E-state index >= 15 is 0 Å². The Labute approximate surface area is 176 Å². The number of carbonyl (C=O) groups is 1. The van der Waals surface area contributed by atoms with E-state index < -0.39 is 5.97 Å². The van der Waals surface area contributed by atoms with E-state index in [0.717, 1.165) is 23.1 Å². The molecule has 30 heavy (non-hydrogen) atoms. The zero-order valence-corrected chi connectivity index (χ0v) is 16.9. The summed E-state index contributed by atoms with van der Waals surface area (Å²) in [4.78, 5) is 11.9. The Kier molecular flexibility index (Phi) is 7.00. The fourth-order valence-corrected chi connectivity index (χ4v) is 3.31. The molecule has 0 bridgehead atoms. The van der Waals surface area contributed by atoms with Gasteiger partial charge in [0.05, 0.1) is 0 Å². The smallest absolute Gasteiger partial charge is 0.330 e.